The molecule has 5 atom stereocenters. The monoisotopic (exact) mass is 484 g/mol. The minimum Gasteiger partial charge on any atom is -0.466 e. The van der Waals surface area contributed by atoms with E-state index in [9.17, 15) is 14.4 Å². The lowest BCUT2D eigenvalue weighted by atomic mass is 9.53. The normalized spacial score (nSPS) is 31.9. The first-order chi connectivity index (χ1) is 16.8. The molecule has 0 radical (unpaired) electrons. The molecule has 0 bridgehead atoms. The van der Waals surface area contributed by atoms with Gasteiger partial charge in [0.25, 0.3) is 0 Å². The molecule has 0 N–H and O–H groups in total. The van der Waals surface area contributed by atoms with Gasteiger partial charge in [0.2, 0.25) is 0 Å². The van der Waals surface area contributed by atoms with E-state index in [-0.39, 0.29) is 23.5 Å². The second kappa shape index (κ2) is 11.4. The quantitative estimate of drug-likeness (QED) is 0.257. The number of esters is 2. The number of carbonyl (C=O) groups is 3. The maximum atomic E-state index is 12.1. The molecule has 0 spiro atoms. The fourth-order valence-electron chi connectivity index (χ4n) is 7.85. The standard InChI is InChI=1S/C30H44O5/c1-20(31)34-17-9-7-5-4-6-8-10-23-19-30(3)27(15-16-28(30)35-21(2)32)26-13-11-22-18-24(33)12-14-25(22)29(23)26/h18,23,26-28H,4-17,19H2,1-3H3/t23-,26-,27-,28-,30-/m0/s1. The highest BCUT2D eigenvalue weighted by Gasteiger charge is 2.57. The van der Waals surface area contributed by atoms with Crippen LogP contribution in [0, 0.1) is 23.2 Å². The molecule has 4 aliphatic rings. The Hall–Kier alpha value is -1.91. The fourth-order valence-corrected chi connectivity index (χ4v) is 7.85. The van der Waals surface area contributed by atoms with Crippen molar-refractivity contribution >= 4 is 17.7 Å². The van der Waals surface area contributed by atoms with Crippen molar-refractivity contribution in [1.82, 2.24) is 0 Å². The molecule has 0 amide bonds. The summed E-state index contributed by atoms with van der Waals surface area (Å²) in [4.78, 5) is 34.9. The van der Waals surface area contributed by atoms with Gasteiger partial charge in [0.05, 0.1) is 6.61 Å². The van der Waals surface area contributed by atoms with Crippen LogP contribution in [0.25, 0.3) is 0 Å². The summed E-state index contributed by atoms with van der Waals surface area (Å²) in [7, 11) is 0. The summed E-state index contributed by atoms with van der Waals surface area (Å²) in [5.41, 5.74) is 4.59. The van der Waals surface area contributed by atoms with Crippen molar-refractivity contribution in [2.45, 2.75) is 117 Å². The van der Waals surface area contributed by atoms with E-state index in [4.69, 9.17) is 9.47 Å². The highest BCUT2D eigenvalue weighted by atomic mass is 16.5. The third kappa shape index (κ3) is 5.91. The Morgan fingerprint density at radius 1 is 0.943 bits per heavy atom. The van der Waals surface area contributed by atoms with Crippen LogP contribution >= 0.6 is 0 Å². The van der Waals surface area contributed by atoms with Crippen molar-refractivity contribution < 1.29 is 23.9 Å². The summed E-state index contributed by atoms with van der Waals surface area (Å²) >= 11 is 0. The third-order valence-electron chi connectivity index (χ3n) is 9.31. The summed E-state index contributed by atoms with van der Waals surface area (Å²) in [6.45, 7) is 5.95. The van der Waals surface area contributed by atoms with Crippen molar-refractivity contribution in [1.29, 1.82) is 0 Å². The number of hydrogen-bond acceptors (Lipinski definition) is 5. The van der Waals surface area contributed by atoms with Gasteiger partial charge in [0.15, 0.2) is 5.78 Å². The molecule has 0 aromatic heterocycles. The third-order valence-corrected chi connectivity index (χ3v) is 9.31. The number of ketones is 1. The Balaban J connectivity index is 1.43. The molecular weight excluding hydrogens is 440 g/mol. The molecule has 2 saturated carbocycles. The summed E-state index contributed by atoms with van der Waals surface area (Å²) in [5, 5.41) is 0. The first-order valence-electron chi connectivity index (χ1n) is 14.1. The van der Waals surface area contributed by atoms with E-state index in [1.807, 2.05) is 6.08 Å². The second-order valence-corrected chi connectivity index (χ2v) is 11.7. The Morgan fingerprint density at radius 2 is 1.69 bits per heavy atom. The van der Waals surface area contributed by atoms with Gasteiger partial charge in [0, 0.05) is 25.7 Å². The van der Waals surface area contributed by atoms with Gasteiger partial charge >= 0.3 is 11.9 Å². The van der Waals surface area contributed by atoms with Crippen LogP contribution in [0.2, 0.25) is 0 Å². The lowest BCUT2D eigenvalue weighted by Crippen LogP contribution is -2.46. The first-order valence-corrected chi connectivity index (χ1v) is 14.1. The number of hydrogen-bond donors (Lipinski definition) is 0. The van der Waals surface area contributed by atoms with Crippen molar-refractivity contribution in [2.75, 3.05) is 6.61 Å². The molecule has 0 heterocycles. The summed E-state index contributed by atoms with van der Waals surface area (Å²) < 4.78 is 10.9. The van der Waals surface area contributed by atoms with Gasteiger partial charge in [-0.3, -0.25) is 14.4 Å². The maximum Gasteiger partial charge on any atom is 0.302 e. The summed E-state index contributed by atoms with van der Waals surface area (Å²) in [5.74, 6) is 1.66. The van der Waals surface area contributed by atoms with E-state index in [1.54, 1.807) is 12.5 Å². The number of unbranched alkanes of at least 4 members (excludes halogenated alkanes) is 5. The molecule has 0 aliphatic heterocycles. The largest absolute Gasteiger partial charge is 0.466 e. The van der Waals surface area contributed by atoms with Gasteiger partial charge in [-0.2, -0.15) is 0 Å². The Labute approximate surface area is 211 Å². The average Bonchev–Trinajstić information content (AvgIpc) is 3.12. The van der Waals surface area contributed by atoms with Crippen molar-refractivity contribution in [2.24, 2.45) is 23.2 Å². The number of carbonyl (C=O) groups excluding carboxylic acids is 3. The van der Waals surface area contributed by atoms with E-state index in [2.05, 4.69) is 6.92 Å². The van der Waals surface area contributed by atoms with Crippen LogP contribution in [0.15, 0.2) is 22.8 Å². The molecule has 194 valence electrons. The molecule has 5 heteroatoms. The minimum atomic E-state index is -0.191. The van der Waals surface area contributed by atoms with Crippen molar-refractivity contribution in [3.63, 3.8) is 0 Å². The minimum absolute atomic E-state index is 0.0427. The Bertz CT molecular complexity index is 883. The van der Waals surface area contributed by atoms with Gasteiger partial charge in [0.1, 0.15) is 6.10 Å². The Kier molecular flexibility index (Phi) is 8.54. The van der Waals surface area contributed by atoms with Crippen LogP contribution in [0.1, 0.15) is 111 Å². The zero-order valence-electron chi connectivity index (χ0n) is 22.0. The van der Waals surface area contributed by atoms with Gasteiger partial charge in [-0.05, 0) is 86.3 Å². The highest BCUT2D eigenvalue weighted by Crippen LogP contribution is 2.63. The van der Waals surface area contributed by atoms with Crippen LogP contribution in [-0.2, 0) is 23.9 Å². The summed E-state index contributed by atoms with van der Waals surface area (Å²) in [6.07, 6.45) is 17.1. The van der Waals surface area contributed by atoms with Crippen LogP contribution < -0.4 is 0 Å². The number of allylic oxidation sites excluding steroid dienone is 4. The zero-order valence-corrected chi connectivity index (χ0v) is 22.0. The van der Waals surface area contributed by atoms with E-state index < -0.39 is 0 Å². The molecule has 35 heavy (non-hydrogen) atoms. The van der Waals surface area contributed by atoms with Gasteiger partial charge in [-0.15, -0.1) is 0 Å². The molecule has 2 fully saturated rings. The number of ether oxygens (including phenoxy) is 2. The maximum absolute atomic E-state index is 12.1. The second-order valence-electron chi connectivity index (χ2n) is 11.7. The van der Waals surface area contributed by atoms with Crippen LogP contribution in [0.4, 0.5) is 0 Å². The Morgan fingerprint density at radius 3 is 2.43 bits per heavy atom. The van der Waals surface area contributed by atoms with Crippen molar-refractivity contribution in [3.05, 3.63) is 22.8 Å². The summed E-state index contributed by atoms with van der Waals surface area (Å²) in [6, 6.07) is 0. The predicted octanol–water partition coefficient (Wildman–Crippen LogP) is 6.64. The van der Waals surface area contributed by atoms with Crippen molar-refractivity contribution in [3.8, 4) is 0 Å². The van der Waals surface area contributed by atoms with E-state index >= 15 is 0 Å². The van der Waals surface area contributed by atoms with E-state index in [0.717, 1.165) is 51.4 Å². The molecule has 0 unspecified atom stereocenters. The number of rotatable bonds is 10. The first kappa shape index (κ1) is 26.2. The van der Waals surface area contributed by atoms with E-state index in [0.29, 0.717) is 36.6 Å². The molecule has 4 aliphatic carbocycles. The zero-order chi connectivity index (χ0) is 25.0. The smallest absolute Gasteiger partial charge is 0.302 e. The predicted molar refractivity (Wildman–Crippen MR) is 136 cm³/mol. The van der Waals surface area contributed by atoms with Gasteiger partial charge in [-0.1, -0.05) is 44.6 Å². The van der Waals surface area contributed by atoms with Crippen LogP contribution in [-0.4, -0.2) is 30.4 Å². The van der Waals surface area contributed by atoms with Crippen LogP contribution in [0.5, 0.6) is 0 Å². The molecule has 0 saturated heterocycles. The lowest BCUT2D eigenvalue weighted by Gasteiger charge is -2.52. The molecule has 0 aromatic rings. The average molecular weight is 485 g/mol. The molecular formula is C30H44O5. The number of fused-ring (bicyclic) bond motifs is 4. The fraction of sp³-hybridized carbons (Fsp3) is 0.767. The highest BCUT2D eigenvalue weighted by molar-refractivity contribution is 5.93. The van der Waals surface area contributed by atoms with E-state index in [1.165, 1.54) is 50.2 Å². The molecule has 4 rings (SSSR count). The van der Waals surface area contributed by atoms with Gasteiger partial charge in [-0.25, -0.2) is 0 Å². The lowest BCUT2D eigenvalue weighted by molar-refractivity contribution is -0.154. The van der Waals surface area contributed by atoms with Gasteiger partial charge < -0.3 is 9.47 Å². The SMILES string of the molecule is CC(=O)OCCCCCCCC[C@H]1C[C@]2(C)[C@@H](OC(C)=O)CC[C@H]2[C@@H]2CCC3=CC(=O)CCC3=C12. The molecule has 0 aromatic carbocycles. The topological polar surface area (TPSA) is 69.7 Å². The molecule has 5 nitrogen and oxygen atoms in total. The van der Waals surface area contributed by atoms with Crippen LogP contribution in [0.3, 0.4) is 0 Å².